The maximum Gasteiger partial charge on any atom is 0.337 e. The van der Waals surface area contributed by atoms with Gasteiger partial charge in [0.15, 0.2) is 0 Å². The lowest BCUT2D eigenvalue weighted by Gasteiger charge is -2.11. The molecule has 1 saturated heterocycles. The van der Waals surface area contributed by atoms with Gasteiger partial charge in [-0.15, -0.1) is 12.4 Å². The summed E-state index contributed by atoms with van der Waals surface area (Å²) in [7, 11) is -2.11. The Kier molecular flexibility index (Phi) is 7.98. The van der Waals surface area contributed by atoms with E-state index in [-0.39, 0.29) is 18.2 Å². The minimum atomic E-state index is -3.41. The van der Waals surface area contributed by atoms with Gasteiger partial charge in [0.25, 0.3) is 0 Å². The third-order valence-corrected chi connectivity index (χ3v) is 5.04. The van der Waals surface area contributed by atoms with Crippen LogP contribution in [0.5, 0.6) is 0 Å². The molecule has 0 amide bonds. The molecule has 6 nitrogen and oxygen atoms in total. The first kappa shape index (κ1) is 19.9. The van der Waals surface area contributed by atoms with Crippen LogP contribution in [0.2, 0.25) is 0 Å². The first-order valence-electron chi connectivity index (χ1n) is 7.38. The van der Waals surface area contributed by atoms with Gasteiger partial charge in [0, 0.05) is 12.6 Å². The van der Waals surface area contributed by atoms with Crippen molar-refractivity contribution in [3.8, 4) is 0 Å². The predicted octanol–water partition coefficient (Wildman–Crippen LogP) is 1.46. The molecule has 0 aromatic heterocycles. The lowest BCUT2D eigenvalue weighted by molar-refractivity contribution is 0.0600. The largest absolute Gasteiger partial charge is 0.465 e. The van der Waals surface area contributed by atoms with Gasteiger partial charge in [-0.25, -0.2) is 17.9 Å². The fourth-order valence-electron chi connectivity index (χ4n) is 2.57. The summed E-state index contributed by atoms with van der Waals surface area (Å²) in [5.74, 6) is -0.616. The fraction of sp³-hybridized carbons (Fsp3) is 0.533. The van der Waals surface area contributed by atoms with E-state index in [2.05, 4.69) is 14.8 Å². The summed E-state index contributed by atoms with van der Waals surface area (Å²) in [6.07, 6.45) is 3.04. The molecule has 130 valence electrons. The number of hydrogen-bond acceptors (Lipinski definition) is 5. The molecule has 1 aromatic rings. The Morgan fingerprint density at radius 3 is 2.87 bits per heavy atom. The van der Waals surface area contributed by atoms with Gasteiger partial charge in [-0.3, -0.25) is 0 Å². The second-order valence-electron chi connectivity index (χ2n) is 5.43. The van der Waals surface area contributed by atoms with Crippen molar-refractivity contribution in [3.63, 3.8) is 0 Å². The van der Waals surface area contributed by atoms with Crippen molar-refractivity contribution >= 4 is 28.4 Å². The highest BCUT2D eigenvalue weighted by Gasteiger charge is 2.16. The van der Waals surface area contributed by atoms with Crippen LogP contribution in [-0.4, -0.2) is 40.6 Å². The maximum absolute atomic E-state index is 12.1. The van der Waals surface area contributed by atoms with E-state index in [0.29, 0.717) is 23.7 Å². The van der Waals surface area contributed by atoms with E-state index in [4.69, 9.17) is 0 Å². The number of hydrogen-bond donors (Lipinski definition) is 2. The number of rotatable bonds is 7. The van der Waals surface area contributed by atoms with E-state index < -0.39 is 16.0 Å². The standard InChI is InChI=1S/C15H22N2O4S.ClH/c1-21-15(18)13-5-2-4-12(10-13)11-22(19,20)17-9-7-14-6-3-8-16-14;/h2,4-5,10,14,16-17H,3,6-9,11H2,1H3;1H/t14-;/m1./s1. The second-order valence-corrected chi connectivity index (χ2v) is 7.23. The lowest BCUT2D eigenvalue weighted by Crippen LogP contribution is -2.31. The summed E-state index contributed by atoms with van der Waals surface area (Å²) in [4.78, 5) is 11.5. The van der Waals surface area contributed by atoms with E-state index in [9.17, 15) is 13.2 Å². The van der Waals surface area contributed by atoms with Crippen LogP contribution in [0.1, 0.15) is 35.2 Å². The summed E-state index contributed by atoms with van der Waals surface area (Å²) in [5, 5.41) is 3.33. The molecule has 0 saturated carbocycles. The summed E-state index contributed by atoms with van der Waals surface area (Å²) >= 11 is 0. The quantitative estimate of drug-likeness (QED) is 0.717. The SMILES string of the molecule is COC(=O)c1cccc(CS(=O)(=O)NCC[C@H]2CCCN2)c1.Cl. The Bertz CT molecular complexity index is 616. The number of nitrogens with one attached hydrogen (secondary N) is 2. The van der Waals surface area contributed by atoms with Gasteiger partial charge in [0.1, 0.15) is 0 Å². The minimum Gasteiger partial charge on any atom is -0.465 e. The van der Waals surface area contributed by atoms with Crippen LogP contribution in [0.15, 0.2) is 24.3 Å². The summed E-state index contributed by atoms with van der Waals surface area (Å²) < 4.78 is 31.4. The Morgan fingerprint density at radius 1 is 1.43 bits per heavy atom. The van der Waals surface area contributed by atoms with Crippen molar-refractivity contribution < 1.29 is 17.9 Å². The number of methoxy groups -OCH3 is 1. The molecule has 1 atom stereocenters. The van der Waals surface area contributed by atoms with E-state index in [1.54, 1.807) is 24.3 Å². The van der Waals surface area contributed by atoms with Gasteiger partial charge in [-0.1, -0.05) is 12.1 Å². The van der Waals surface area contributed by atoms with Crippen molar-refractivity contribution in [1.29, 1.82) is 0 Å². The number of benzene rings is 1. The molecule has 2 N–H and O–H groups in total. The molecular weight excluding hydrogens is 340 g/mol. The summed E-state index contributed by atoms with van der Waals surface area (Å²) in [6, 6.07) is 6.89. The monoisotopic (exact) mass is 362 g/mol. The highest BCUT2D eigenvalue weighted by atomic mass is 35.5. The molecule has 23 heavy (non-hydrogen) atoms. The molecule has 0 radical (unpaired) electrons. The van der Waals surface area contributed by atoms with Crippen molar-refractivity contribution in [2.75, 3.05) is 20.2 Å². The highest BCUT2D eigenvalue weighted by Crippen LogP contribution is 2.11. The first-order chi connectivity index (χ1) is 10.5. The summed E-state index contributed by atoms with van der Waals surface area (Å²) in [6.45, 7) is 1.44. The first-order valence-corrected chi connectivity index (χ1v) is 9.03. The van der Waals surface area contributed by atoms with Gasteiger partial charge in [0.2, 0.25) is 10.0 Å². The minimum absolute atomic E-state index is 0. The fourth-order valence-corrected chi connectivity index (χ4v) is 3.72. The van der Waals surface area contributed by atoms with Gasteiger partial charge >= 0.3 is 5.97 Å². The molecule has 0 unspecified atom stereocenters. The number of carbonyl (C=O) groups excluding carboxylic acids is 1. The normalized spacial score (nSPS) is 17.5. The van der Waals surface area contributed by atoms with Crippen LogP contribution in [0.3, 0.4) is 0 Å². The number of sulfonamides is 1. The van der Waals surface area contributed by atoms with E-state index in [1.807, 2.05) is 0 Å². The molecule has 1 fully saturated rings. The van der Waals surface area contributed by atoms with Crippen LogP contribution >= 0.6 is 12.4 Å². The van der Waals surface area contributed by atoms with Crippen molar-refractivity contribution in [2.24, 2.45) is 0 Å². The van der Waals surface area contributed by atoms with Gasteiger partial charge < -0.3 is 10.1 Å². The maximum atomic E-state index is 12.1. The number of halogens is 1. The van der Waals surface area contributed by atoms with E-state index in [1.165, 1.54) is 7.11 Å². The molecule has 1 heterocycles. The zero-order valence-corrected chi connectivity index (χ0v) is 14.7. The predicted molar refractivity (Wildman–Crippen MR) is 91.3 cm³/mol. The lowest BCUT2D eigenvalue weighted by atomic mass is 10.1. The molecule has 2 rings (SSSR count). The average Bonchev–Trinajstić information content (AvgIpc) is 2.99. The Morgan fingerprint density at radius 2 is 2.22 bits per heavy atom. The van der Waals surface area contributed by atoms with Crippen LogP contribution < -0.4 is 10.0 Å². The zero-order valence-electron chi connectivity index (χ0n) is 13.1. The molecule has 1 aliphatic rings. The summed E-state index contributed by atoms with van der Waals surface area (Å²) in [5.41, 5.74) is 0.916. The number of carbonyl (C=O) groups is 1. The topological polar surface area (TPSA) is 84.5 Å². The second kappa shape index (κ2) is 9.22. The molecule has 0 bridgehead atoms. The molecule has 1 aromatic carbocycles. The van der Waals surface area contributed by atoms with Crippen LogP contribution in [-0.2, 0) is 20.5 Å². The van der Waals surface area contributed by atoms with E-state index >= 15 is 0 Å². The number of ether oxygens (including phenoxy) is 1. The zero-order chi connectivity index (χ0) is 16.0. The molecular formula is C15H23ClN2O4S. The molecule has 1 aliphatic heterocycles. The molecule has 0 aliphatic carbocycles. The smallest absolute Gasteiger partial charge is 0.337 e. The molecule has 0 spiro atoms. The highest BCUT2D eigenvalue weighted by molar-refractivity contribution is 7.88. The van der Waals surface area contributed by atoms with Crippen LogP contribution in [0, 0.1) is 0 Å². The number of esters is 1. The average molecular weight is 363 g/mol. The third-order valence-electron chi connectivity index (χ3n) is 3.68. The van der Waals surface area contributed by atoms with Crippen LogP contribution in [0.4, 0.5) is 0 Å². The Balaban J connectivity index is 0.00000264. The van der Waals surface area contributed by atoms with Gasteiger partial charge in [-0.2, -0.15) is 0 Å². The Labute approximate surface area is 143 Å². The van der Waals surface area contributed by atoms with Crippen molar-refractivity contribution in [2.45, 2.75) is 31.1 Å². The van der Waals surface area contributed by atoms with Crippen molar-refractivity contribution in [1.82, 2.24) is 10.0 Å². The molecule has 8 heteroatoms. The van der Waals surface area contributed by atoms with Gasteiger partial charge in [0.05, 0.1) is 18.4 Å². The van der Waals surface area contributed by atoms with Gasteiger partial charge in [-0.05, 0) is 43.5 Å². The third kappa shape index (κ3) is 6.47. The van der Waals surface area contributed by atoms with Crippen molar-refractivity contribution in [3.05, 3.63) is 35.4 Å². The van der Waals surface area contributed by atoms with E-state index in [0.717, 1.165) is 25.8 Å². The van der Waals surface area contributed by atoms with Crippen LogP contribution in [0.25, 0.3) is 0 Å². The Hall–Kier alpha value is -1.15.